The molecule has 0 saturated heterocycles. The van der Waals surface area contributed by atoms with Crippen LogP contribution in [0.4, 0.5) is 0 Å². The average Bonchev–Trinajstić information content (AvgIpc) is 2.73. The maximum Gasteiger partial charge on any atom is 0.250 e. The van der Waals surface area contributed by atoms with Gasteiger partial charge in [-0.05, 0) is 67.1 Å². The monoisotopic (exact) mass is 432 g/mol. The predicted molar refractivity (Wildman–Crippen MR) is 135 cm³/mol. The van der Waals surface area contributed by atoms with Gasteiger partial charge >= 0.3 is 0 Å². The summed E-state index contributed by atoms with van der Waals surface area (Å²) < 4.78 is 13.2. The number of ether oxygens (including phenoxy) is 1. The fourth-order valence-electron chi connectivity index (χ4n) is 4.63. The van der Waals surface area contributed by atoms with Crippen molar-refractivity contribution < 1.29 is 9.16 Å². The SMILES string of the molecule is COc1c(C)c(-c2cccc3ccccc23)c(O[Si](C)(C)C(C)(C)C)c2c1CCCC2. The Hall–Kier alpha value is -2.26. The summed E-state index contributed by atoms with van der Waals surface area (Å²) in [5.41, 5.74) is 6.41. The molecule has 1 aliphatic carbocycles. The van der Waals surface area contributed by atoms with E-state index in [9.17, 15) is 0 Å². The molecule has 0 radical (unpaired) electrons. The minimum Gasteiger partial charge on any atom is -0.543 e. The Kier molecular flexibility index (Phi) is 5.68. The van der Waals surface area contributed by atoms with Crippen molar-refractivity contribution in [2.75, 3.05) is 7.11 Å². The Balaban J connectivity index is 2.08. The molecule has 0 saturated carbocycles. The maximum absolute atomic E-state index is 7.16. The highest BCUT2D eigenvalue weighted by atomic mass is 28.4. The molecule has 164 valence electrons. The van der Waals surface area contributed by atoms with Crippen LogP contribution in [0.5, 0.6) is 11.5 Å². The second-order valence-electron chi connectivity index (χ2n) is 10.4. The van der Waals surface area contributed by atoms with Crippen LogP contribution in [0.1, 0.15) is 50.3 Å². The molecule has 0 bridgehead atoms. The number of methoxy groups -OCH3 is 1. The number of hydrogen-bond acceptors (Lipinski definition) is 2. The molecular weight excluding hydrogens is 396 g/mol. The fraction of sp³-hybridized carbons (Fsp3) is 0.429. The van der Waals surface area contributed by atoms with Gasteiger partial charge < -0.3 is 9.16 Å². The molecule has 0 atom stereocenters. The Morgan fingerprint density at radius 1 is 0.839 bits per heavy atom. The van der Waals surface area contributed by atoms with Crippen LogP contribution in [0.15, 0.2) is 42.5 Å². The van der Waals surface area contributed by atoms with Crippen LogP contribution in [-0.2, 0) is 12.8 Å². The quantitative estimate of drug-likeness (QED) is 0.388. The molecular formula is C28H36O2Si. The third kappa shape index (κ3) is 3.78. The minimum absolute atomic E-state index is 0.137. The van der Waals surface area contributed by atoms with E-state index in [1.54, 1.807) is 0 Å². The highest BCUT2D eigenvalue weighted by molar-refractivity contribution is 6.74. The first-order chi connectivity index (χ1) is 14.7. The number of rotatable bonds is 4. The van der Waals surface area contributed by atoms with Gasteiger partial charge in [0, 0.05) is 22.3 Å². The maximum atomic E-state index is 7.16. The van der Waals surface area contributed by atoms with Crippen molar-refractivity contribution >= 4 is 19.1 Å². The smallest absolute Gasteiger partial charge is 0.250 e. The molecule has 0 fully saturated rings. The normalized spacial score (nSPS) is 14.4. The Morgan fingerprint density at radius 2 is 1.45 bits per heavy atom. The van der Waals surface area contributed by atoms with Gasteiger partial charge in [0.05, 0.1) is 7.11 Å². The van der Waals surface area contributed by atoms with Gasteiger partial charge in [-0.15, -0.1) is 0 Å². The van der Waals surface area contributed by atoms with Gasteiger partial charge in [0.2, 0.25) is 0 Å². The van der Waals surface area contributed by atoms with Crippen LogP contribution < -0.4 is 9.16 Å². The largest absolute Gasteiger partial charge is 0.543 e. The zero-order chi connectivity index (χ0) is 22.4. The molecule has 31 heavy (non-hydrogen) atoms. The van der Waals surface area contributed by atoms with Crippen molar-refractivity contribution in [3.63, 3.8) is 0 Å². The number of fused-ring (bicyclic) bond motifs is 2. The van der Waals surface area contributed by atoms with E-state index >= 15 is 0 Å². The van der Waals surface area contributed by atoms with Crippen LogP contribution in [0.3, 0.4) is 0 Å². The molecule has 0 aliphatic heterocycles. The van der Waals surface area contributed by atoms with Gasteiger partial charge in [-0.3, -0.25) is 0 Å². The van der Waals surface area contributed by atoms with Gasteiger partial charge in [-0.1, -0.05) is 63.2 Å². The summed E-state index contributed by atoms with van der Waals surface area (Å²) in [4.78, 5) is 0. The van der Waals surface area contributed by atoms with E-state index in [-0.39, 0.29) is 5.04 Å². The van der Waals surface area contributed by atoms with Gasteiger partial charge in [-0.2, -0.15) is 0 Å². The highest BCUT2D eigenvalue weighted by Crippen LogP contribution is 2.50. The van der Waals surface area contributed by atoms with E-state index in [0.29, 0.717) is 0 Å². The van der Waals surface area contributed by atoms with E-state index in [1.165, 1.54) is 51.4 Å². The molecule has 0 unspecified atom stereocenters. The van der Waals surface area contributed by atoms with Gasteiger partial charge in [0.25, 0.3) is 8.32 Å². The molecule has 3 heteroatoms. The first kappa shape index (κ1) is 21.9. The molecule has 0 heterocycles. The lowest BCUT2D eigenvalue weighted by Gasteiger charge is -2.39. The molecule has 3 aromatic carbocycles. The number of benzene rings is 3. The van der Waals surface area contributed by atoms with E-state index in [1.807, 2.05) is 7.11 Å². The van der Waals surface area contributed by atoms with E-state index in [4.69, 9.17) is 9.16 Å². The Morgan fingerprint density at radius 3 is 2.10 bits per heavy atom. The third-order valence-corrected chi connectivity index (χ3v) is 11.7. The van der Waals surface area contributed by atoms with Gasteiger partial charge in [-0.25, -0.2) is 0 Å². The Labute approximate surface area is 188 Å². The van der Waals surface area contributed by atoms with Crippen molar-refractivity contribution in [3.8, 4) is 22.6 Å². The molecule has 0 N–H and O–H groups in total. The molecule has 0 amide bonds. The summed E-state index contributed by atoms with van der Waals surface area (Å²) >= 11 is 0. The van der Waals surface area contributed by atoms with Crippen LogP contribution in [0.25, 0.3) is 21.9 Å². The lowest BCUT2D eigenvalue weighted by atomic mass is 9.83. The second-order valence-corrected chi connectivity index (χ2v) is 15.1. The van der Waals surface area contributed by atoms with Gasteiger partial charge in [0.1, 0.15) is 11.5 Å². The molecule has 1 aliphatic rings. The lowest BCUT2D eigenvalue weighted by molar-refractivity contribution is 0.400. The van der Waals surface area contributed by atoms with Crippen molar-refractivity contribution in [1.29, 1.82) is 0 Å². The average molecular weight is 433 g/mol. The predicted octanol–water partition coefficient (Wildman–Crippen LogP) is 8.09. The summed E-state index contributed by atoms with van der Waals surface area (Å²) in [5, 5.41) is 2.67. The molecule has 0 aromatic heterocycles. The zero-order valence-electron chi connectivity index (χ0n) is 20.2. The van der Waals surface area contributed by atoms with Crippen molar-refractivity contribution in [1.82, 2.24) is 0 Å². The van der Waals surface area contributed by atoms with E-state index in [0.717, 1.165) is 24.3 Å². The summed E-state index contributed by atoms with van der Waals surface area (Å²) in [7, 11) is -0.210. The molecule has 2 nitrogen and oxygen atoms in total. The van der Waals surface area contributed by atoms with E-state index in [2.05, 4.69) is 83.3 Å². The lowest BCUT2D eigenvalue weighted by Crippen LogP contribution is -2.44. The highest BCUT2D eigenvalue weighted by Gasteiger charge is 2.41. The minimum atomic E-state index is -2.03. The fourth-order valence-corrected chi connectivity index (χ4v) is 5.67. The Bertz CT molecular complexity index is 1120. The van der Waals surface area contributed by atoms with Crippen LogP contribution in [-0.4, -0.2) is 15.4 Å². The first-order valence-electron chi connectivity index (χ1n) is 11.5. The van der Waals surface area contributed by atoms with E-state index < -0.39 is 8.32 Å². The van der Waals surface area contributed by atoms with Crippen LogP contribution >= 0.6 is 0 Å². The number of hydrogen-bond donors (Lipinski definition) is 0. The topological polar surface area (TPSA) is 18.5 Å². The standard InChI is InChI=1S/C28H36O2Si/c1-19-25(22-18-12-14-20-13-8-9-15-21(20)22)27(30-31(6,7)28(2,3)4)24-17-11-10-16-23(24)26(19)29-5/h8-9,12-15,18H,10-11,16-17H2,1-7H3. The van der Waals surface area contributed by atoms with Crippen LogP contribution in [0.2, 0.25) is 18.1 Å². The summed E-state index contributed by atoms with van der Waals surface area (Å²) in [6.07, 6.45) is 4.56. The third-order valence-electron chi connectivity index (χ3n) is 7.39. The summed E-state index contributed by atoms with van der Waals surface area (Å²) in [5.74, 6) is 2.18. The van der Waals surface area contributed by atoms with Crippen molar-refractivity contribution in [2.45, 2.75) is 71.5 Å². The molecule has 4 rings (SSSR count). The van der Waals surface area contributed by atoms with Gasteiger partial charge in [0.15, 0.2) is 0 Å². The van der Waals surface area contributed by atoms with Crippen LogP contribution in [0, 0.1) is 6.92 Å². The molecule has 3 aromatic rings. The second kappa shape index (κ2) is 8.02. The summed E-state index contributed by atoms with van der Waals surface area (Å²) in [6.45, 7) is 13.9. The van der Waals surface area contributed by atoms with Crippen molar-refractivity contribution in [3.05, 3.63) is 59.2 Å². The summed E-state index contributed by atoms with van der Waals surface area (Å²) in [6, 6.07) is 15.3. The zero-order valence-corrected chi connectivity index (χ0v) is 21.2. The first-order valence-corrected chi connectivity index (χ1v) is 14.5. The van der Waals surface area contributed by atoms with Crippen molar-refractivity contribution in [2.24, 2.45) is 0 Å². The molecule has 0 spiro atoms.